The van der Waals surface area contributed by atoms with Crippen LogP contribution in [-0.2, 0) is 11.3 Å². The van der Waals surface area contributed by atoms with Crippen molar-refractivity contribution in [3.05, 3.63) is 66.8 Å². The fraction of sp³-hybridized carbons (Fsp3) is 0.111. The van der Waals surface area contributed by atoms with E-state index in [1.54, 1.807) is 60.0 Å². The van der Waals surface area contributed by atoms with Crippen molar-refractivity contribution < 1.29 is 19.6 Å². The normalized spacial score (nSPS) is 10.8. The highest BCUT2D eigenvalue weighted by atomic mass is 127. The molecule has 0 radical (unpaired) electrons. The van der Waals surface area contributed by atoms with Crippen LogP contribution in [0.25, 0.3) is 6.08 Å². The van der Waals surface area contributed by atoms with E-state index in [0.29, 0.717) is 5.75 Å². The van der Waals surface area contributed by atoms with Gasteiger partial charge in [0.15, 0.2) is 0 Å². The first kappa shape index (κ1) is 20.2. The third kappa shape index (κ3) is 5.18. The van der Waals surface area contributed by atoms with Crippen LogP contribution >= 0.6 is 22.6 Å². The number of benzene rings is 2. The lowest BCUT2D eigenvalue weighted by Crippen LogP contribution is -2.23. The predicted octanol–water partition coefficient (Wildman–Crippen LogP) is 3.14. The number of methoxy groups -OCH3 is 1. The third-order valence-electron chi connectivity index (χ3n) is 3.55. The number of rotatable bonds is 6. The molecule has 0 atom stereocenters. The third-order valence-corrected chi connectivity index (χ3v) is 4.37. The molecule has 2 aromatic rings. The number of nitriles is 1. The maximum Gasteiger partial charge on any atom is 0.312 e. The van der Waals surface area contributed by atoms with Crippen LogP contribution in [0, 0.1) is 25.0 Å². The van der Waals surface area contributed by atoms with E-state index in [0.717, 1.165) is 11.6 Å². The molecule has 0 aliphatic carbocycles. The number of ether oxygens (including phenoxy) is 1. The van der Waals surface area contributed by atoms with Crippen molar-refractivity contribution in [1.82, 2.24) is 5.32 Å². The Morgan fingerprint density at radius 2 is 2.07 bits per heavy atom. The molecule has 138 valence electrons. The number of halogens is 1. The van der Waals surface area contributed by atoms with E-state index >= 15 is 0 Å². The molecule has 0 saturated heterocycles. The van der Waals surface area contributed by atoms with E-state index in [4.69, 9.17) is 4.74 Å². The Kier molecular flexibility index (Phi) is 6.73. The van der Waals surface area contributed by atoms with Crippen LogP contribution in [0.4, 0.5) is 5.69 Å². The number of phenols is 1. The number of hydrogen-bond acceptors (Lipinski definition) is 6. The number of aromatic hydroxyl groups is 1. The predicted molar refractivity (Wildman–Crippen MR) is 106 cm³/mol. The monoisotopic (exact) mass is 479 g/mol. The summed E-state index contributed by atoms with van der Waals surface area (Å²) in [6.07, 6.45) is 1.23. The number of carbonyl (C=O) groups is 1. The first-order valence-corrected chi connectivity index (χ1v) is 8.63. The first-order chi connectivity index (χ1) is 12.8. The van der Waals surface area contributed by atoms with Gasteiger partial charge in [0.2, 0.25) is 5.75 Å². The summed E-state index contributed by atoms with van der Waals surface area (Å²) in [7, 11) is 1.55. The summed E-state index contributed by atoms with van der Waals surface area (Å²) in [6, 6.07) is 11.4. The highest BCUT2D eigenvalue weighted by Crippen LogP contribution is 2.32. The van der Waals surface area contributed by atoms with Crippen LogP contribution in [0.2, 0.25) is 0 Å². The second-order valence-electron chi connectivity index (χ2n) is 5.33. The molecule has 0 unspecified atom stereocenters. The van der Waals surface area contributed by atoms with Gasteiger partial charge in [-0.25, -0.2) is 0 Å². The lowest BCUT2D eigenvalue weighted by molar-refractivity contribution is -0.386. The van der Waals surface area contributed by atoms with Gasteiger partial charge in [0.1, 0.15) is 17.4 Å². The van der Waals surface area contributed by atoms with Gasteiger partial charge in [-0.05, 0) is 58.0 Å². The Hall–Kier alpha value is -3.13. The van der Waals surface area contributed by atoms with Gasteiger partial charge >= 0.3 is 5.69 Å². The molecule has 0 spiro atoms. The van der Waals surface area contributed by atoms with Crippen molar-refractivity contribution in [3.8, 4) is 17.6 Å². The standard InChI is InChI=1S/C18H14IN3O5/c1-27-14-4-2-11(3-5-14)10-21-18(24)13(9-20)6-12-7-15(19)17(23)16(8-12)22(25)26/h2-8,23H,10H2,1H3,(H,21,24)/b13-6-. The van der Waals surface area contributed by atoms with Gasteiger partial charge < -0.3 is 15.2 Å². The fourth-order valence-corrected chi connectivity index (χ4v) is 2.80. The Morgan fingerprint density at radius 1 is 1.41 bits per heavy atom. The summed E-state index contributed by atoms with van der Waals surface area (Å²) >= 11 is 1.74. The van der Waals surface area contributed by atoms with Gasteiger partial charge in [-0.3, -0.25) is 14.9 Å². The maximum absolute atomic E-state index is 12.2. The molecular weight excluding hydrogens is 465 g/mol. The van der Waals surface area contributed by atoms with Gasteiger partial charge in [0, 0.05) is 12.6 Å². The number of carbonyl (C=O) groups excluding carboxylic acids is 1. The molecule has 0 aromatic heterocycles. The van der Waals surface area contributed by atoms with Gasteiger partial charge in [-0.15, -0.1) is 0 Å². The molecule has 2 aromatic carbocycles. The van der Waals surface area contributed by atoms with E-state index < -0.39 is 22.3 Å². The zero-order valence-electron chi connectivity index (χ0n) is 14.1. The smallest absolute Gasteiger partial charge is 0.312 e. The Balaban J connectivity index is 2.18. The summed E-state index contributed by atoms with van der Waals surface area (Å²) in [5.41, 5.74) is 0.375. The molecule has 0 fully saturated rings. The molecule has 0 heterocycles. The largest absolute Gasteiger partial charge is 0.501 e. The molecule has 0 aliphatic rings. The SMILES string of the molecule is COc1ccc(CNC(=O)/C(C#N)=C\c2cc(I)c(O)c([N+](=O)[O-])c2)cc1. The molecule has 27 heavy (non-hydrogen) atoms. The summed E-state index contributed by atoms with van der Waals surface area (Å²) in [6.45, 7) is 0.203. The van der Waals surface area contributed by atoms with E-state index in [9.17, 15) is 25.3 Å². The molecule has 0 bridgehead atoms. The quantitative estimate of drug-likeness (QED) is 0.216. The van der Waals surface area contributed by atoms with E-state index in [1.165, 1.54) is 12.1 Å². The molecule has 1 amide bonds. The zero-order chi connectivity index (χ0) is 20.0. The molecular formula is C18H14IN3O5. The minimum atomic E-state index is -0.732. The number of nitro benzene ring substituents is 1. The van der Waals surface area contributed by atoms with E-state index in [1.807, 2.05) is 0 Å². The second kappa shape index (κ2) is 9.00. The van der Waals surface area contributed by atoms with Crippen molar-refractivity contribution in [2.45, 2.75) is 6.54 Å². The van der Waals surface area contributed by atoms with Crippen LogP contribution in [0.5, 0.6) is 11.5 Å². The zero-order valence-corrected chi connectivity index (χ0v) is 16.3. The number of phenolic OH excluding ortho intramolecular Hbond substituents is 1. The number of nitro groups is 1. The van der Waals surface area contributed by atoms with Crippen molar-refractivity contribution in [3.63, 3.8) is 0 Å². The molecule has 0 aliphatic heterocycles. The van der Waals surface area contributed by atoms with Gasteiger partial charge in [-0.2, -0.15) is 5.26 Å². The second-order valence-corrected chi connectivity index (χ2v) is 6.49. The minimum Gasteiger partial charge on any atom is -0.501 e. The van der Waals surface area contributed by atoms with E-state index in [2.05, 4.69) is 5.32 Å². The average molecular weight is 479 g/mol. The van der Waals surface area contributed by atoms with E-state index in [-0.39, 0.29) is 21.3 Å². The van der Waals surface area contributed by atoms with Crippen molar-refractivity contribution in [1.29, 1.82) is 5.26 Å². The molecule has 8 nitrogen and oxygen atoms in total. The summed E-state index contributed by atoms with van der Waals surface area (Å²) in [5.74, 6) is -0.384. The first-order valence-electron chi connectivity index (χ1n) is 7.55. The van der Waals surface area contributed by atoms with Crippen molar-refractivity contribution in [2.24, 2.45) is 0 Å². The van der Waals surface area contributed by atoms with Crippen LogP contribution in [0.1, 0.15) is 11.1 Å². The topological polar surface area (TPSA) is 125 Å². The van der Waals surface area contributed by atoms with Crippen LogP contribution in [-0.4, -0.2) is 23.0 Å². The van der Waals surface area contributed by atoms with Crippen LogP contribution in [0.15, 0.2) is 42.0 Å². The maximum atomic E-state index is 12.2. The summed E-state index contributed by atoms with van der Waals surface area (Å²) < 4.78 is 5.30. The number of hydrogen-bond donors (Lipinski definition) is 2. The highest BCUT2D eigenvalue weighted by Gasteiger charge is 2.18. The fourth-order valence-electron chi connectivity index (χ4n) is 2.16. The lowest BCUT2D eigenvalue weighted by Gasteiger charge is -2.06. The minimum absolute atomic E-state index is 0.203. The summed E-state index contributed by atoms with van der Waals surface area (Å²) in [4.78, 5) is 22.5. The Labute approximate surface area is 168 Å². The highest BCUT2D eigenvalue weighted by molar-refractivity contribution is 14.1. The average Bonchev–Trinajstić information content (AvgIpc) is 2.66. The van der Waals surface area contributed by atoms with Gasteiger partial charge in [-0.1, -0.05) is 12.1 Å². The van der Waals surface area contributed by atoms with Crippen molar-refractivity contribution >= 4 is 40.3 Å². The van der Waals surface area contributed by atoms with Crippen molar-refractivity contribution in [2.75, 3.05) is 7.11 Å². The number of nitrogens with one attached hydrogen (secondary N) is 1. The molecule has 9 heteroatoms. The number of amides is 1. The molecule has 0 saturated carbocycles. The number of nitrogens with zero attached hydrogens (tertiary/aromatic N) is 2. The Bertz CT molecular complexity index is 949. The summed E-state index contributed by atoms with van der Waals surface area (Å²) in [5, 5.41) is 32.6. The molecule has 2 rings (SSSR count). The van der Waals surface area contributed by atoms with Crippen LogP contribution in [0.3, 0.4) is 0 Å². The lowest BCUT2D eigenvalue weighted by atomic mass is 10.1. The molecule has 2 N–H and O–H groups in total. The Morgan fingerprint density at radius 3 is 2.63 bits per heavy atom. The van der Waals surface area contributed by atoms with Gasteiger partial charge in [0.05, 0.1) is 15.6 Å². The van der Waals surface area contributed by atoms with Crippen LogP contribution < -0.4 is 10.1 Å². The van der Waals surface area contributed by atoms with Gasteiger partial charge in [0.25, 0.3) is 5.91 Å².